The number of aromatic nitrogens is 3. The van der Waals surface area contributed by atoms with Gasteiger partial charge in [0.1, 0.15) is 6.26 Å². The largest absolute Gasteiger partial charge is 0.472 e. The van der Waals surface area contributed by atoms with Crippen molar-refractivity contribution in [2.75, 3.05) is 0 Å². The molecule has 134 valence electrons. The van der Waals surface area contributed by atoms with E-state index in [1.54, 1.807) is 18.3 Å². The lowest BCUT2D eigenvalue weighted by molar-refractivity contribution is 0.0949. The molecule has 0 atom stereocenters. The molecule has 1 aromatic carbocycles. The normalized spacial score (nSPS) is 10.8. The lowest BCUT2D eigenvalue weighted by Gasteiger charge is -2.11. The van der Waals surface area contributed by atoms with E-state index in [-0.39, 0.29) is 24.6 Å². The molecule has 1 amide bonds. The molecule has 7 nitrogen and oxygen atoms in total. The summed E-state index contributed by atoms with van der Waals surface area (Å²) in [6.45, 7) is 0.445. The van der Waals surface area contributed by atoms with E-state index in [4.69, 9.17) is 4.42 Å². The van der Waals surface area contributed by atoms with Gasteiger partial charge in [-0.05, 0) is 24.3 Å². The highest BCUT2D eigenvalue weighted by Crippen LogP contribution is 2.14. The van der Waals surface area contributed by atoms with Gasteiger partial charge in [-0.3, -0.25) is 14.6 Å². The predicted octanol–water partition coefficient (Wildman–Crippen LogP) is 2.36. The van der Waals surface area contributed by atoms with E-state index in [1.165, 1.54) is 17.2 Å². The van der Waals surface area contributed by atoms with Crippen LogP contribution in [0.3, 0.4) is 0 Å². The summed E-state index contributed by atoms with van der Waals surface area (Å²) in [6, 6.07) is 14.3. The zero-order valence-corrected chi connectivity index (χ0v) is 14.3. The minimum Gasteiger partial charge on any atom is -0.472 e. The molecular weight excluding hydrogens is 344 g/mol. The van der Waals surface area contributed by atoms with Gasteiger partial charge in [0.05, 0.1) is 41.7 Å². The number of benzene rings is 1. The molecule has 0 aliphatic heterocycles. The Labute approximate surface area is 154 Å². The molecule has 0 fully saturated rings. The van der Waals surface area contributed by atoms with Gasteiger partial charge in [-0.15, -0.1) is 0 Å². The average Bonchev–Trinajstić information content (AvgIpc) is 3.25. The Balaban J connectivity index is 1.69. The summed E-state index contributed by atoms with van der Waals surface area (Å²) in [4.78, 5) is 29.2. The van der Waals surface area contributed by atoms with Crippen molar-refractivity contribution in [3.63, 3.8) is 0 Å². The fourth-order valence-electron chi connectivity index (χ4n) is 2.85. The van der Waals surface area contributed by atoms with Crippen molar-refractivity contribution in [1.29, 1.82) is 0 Å². The first-order valence-corrected chi connectivity index (χ1v) is 8.41. The second kappa shape index (κ2) is 7.25. The van der Waals surface area contributed by atoms with Crippen LogP contribution in [0.5, 0.6) is 0 Å². The number of nitrogens with zero attached hydrogens (tertiary/aromatic N) is 3. The van der Waals surface area contributed by atoms with Crippen LogP contribution in [-0.4, -0.2) is 20.7 Å². The predicted molar refractivity (Wildman–Crippen MR) is 99.2 cm³/mol. The van der Waals surface area contributed by atoms with Crippen LogP contribution < -0.4 is 10.9 Å². The zero-order chi connectivity index (χ0) is 18.6. The maximum absolute atomic E-state index is 12.8. The van der Waals surface area contributed by atoms with Crippen LogP contribution in [0.15, 0.2) is 76.5 Å². The van der Waals surface area contributed by atoms with E-state index < -0.39 is 0 Å². The fraction of sp³-hybridized carbons (Fsp3) is 0.100. The van der Waals surface area contributed by atoms with Gasteiger partial charge in [-0.2, -0.15) is 5.10 Å². The summed E-state index contributed by atoms with van der Waals surface area (Å²) >= 11 is 0. The van der Waals surface area contributed by atoms with Crippen molar-refractivity contribution in [2.24, 2.45) is 0 Å². The number of rotatable bonds is 5. The molecule has 4 aromatic rings. The molecule has 0 radical (unpaired) electrons. The summed E-state index contributed by atoms with van der Waals surface area (Å²) in [5, 5.41) is 8.55. The third kappa shape index (κ3) is 3.48. The van der Waals surface area contributed by atoms with Gasteiger partial charge in [0.2, 0.25) is 0 Å². The van der Waals surface area contributed by atoms with E-state index in [1.807, 2.05) is 36.4 Å². The summed E-state index contributed by atoms with van der Waals surface area (Å²) < 4.78 is 6.31. The number of carbonyl (C=O) groups excluding carboxylic acids is 1. The molecular formula is C20H16N4O3. The molecule has 0 saturated carbocycles. The number of hydrogen-bond donors (Lipinski definition) is 1. The first-order chi connectivity index (χ1) is 13.2. The highest BCUT2D eigenvalue weighted by Gasteiger charge is 2.13. The van der Waals surface area contributed by atoms with E-state index >= 15 is 0 Å². The Bertz CT molecular complexity index is 1140. The number of furan rings is 1. The maximum Gasteiger partial charge on any atom is 0.275 e. The van der Waals surface area contributed by atoms with Crippen LogP contribution in [0.2, 0.25) is 0 Å². The number of hydrogen-bond acceptors (Lipinski definition) is 5. The molecule has 0 bridgehead atoms. The van der Waals surface area contributed by atoms with Crippen molar-refractivity contribution >= 4 is 16.7 Å². The Morgan fingerprint density at radius 2 is 1.89 bits per heavy atom. The minimum atomic E-state index is -0.267. The second-order valence-corrected chi connectivity index (χ2v) is 5.97. The van der Waals surface area contributed by atoms with Crippen molar-refractivity contribution in [3.8, 4) is 0 Å². The van der Waals surface area contributed by atoms with Crippen LogP contribution in [0.1, 0.15) is 21.7 Å². The standard InChI is InChI=1S/C20H16N4O3/c25-19(14-8-10-27-13-14)22-11-18-16-6-1-2-7-17(16)20(26)24(23-18)12-15-5-3-4-9-21-15/h1-10,13H,11-12H2,(H,22,25). The number of fused-ring (bicyclic) bond motifs is 1. The smallest absolute Gasteiger partial charge is 0.275 e. The molecule has 0 saturated heterocycles. The molecule has 0 unspecified atom stereocenters. The van der Waals surface area contributed by atoms with Gasteiger partial charge >= 0.3 is 0 Å². The third-order valence-corrected chi connectivity index (χ3v) is 4.18. The van der Waals surface area contributed by atoms with Crippen LogP contribution in [0.25, 0.3) is 10.8 Å². The molecule has 7 heteroatoms. The molecule has 0 aliphatic carbocycles. The lowest BCUT2D eigenvalue weighted by Crippen LogP contribution is -2.29. The van der Waals surface area contributed by atoms with Gasteiger partial charge < -0.3 is 9.73 Å². The summed E-state index contributed by atoms with van der Waals surface area (Å²) in [7, 11) is 0. The van der Waals surface area contributed by atoms with Crippen LogP contribution >= 0.6 is 0 Å². The number of amides is 1. The fourth-order valence-corrected chi connectivity index (χ4v) is 2.85. The summed E-state index contributed by atoms with van der Waals surface area (Å²) in [6.07, 6.45) is 4.49. The zero-order valence-electron chi connectivity index (χ0n) is 14.3. The molecule has 3 heterocycles. The van der Waals surface area contributed by atoms with Crippen molar-refractivity contribution in [3.05, 3.63) is 94.6 Å². The van der Waals surface area contributed by atoms with Gasteiger partial charge in [0, 0.05) is 11.6 Å². The van der Waals surface area contributed by atoms with E-state index in [2.05, 4.69) is 15.4 Å². The Kier molecular flexibility index (Phi) is 4.49. The quantitative estimate of drug-likeness (QED) is 0.590. The Morgan fingerprint density at radius 1 is 1.07 bits per heavy atom. The second-order valence-electron chi connectivity index (χ2n) is 5.97. The number of carbonyl (C=O) groups is 1. The van der Waals surface area contributed by atoms with Gasteiger partial charge in [-0.25, -0.2) is 4.68 Å². The average molecular weight is 360 g/mol. The van der Waals surface area contributed by atoms with Crippen LogP contribution in [-0.2, 0) is 13.1 Å². The molecule has 0 spiro atoms. The number of pyridine rings is 1. The van der Waals surface area contributed by atoms with Crippen molar-refractivity contribution < 1.29 is 9.21 Å². The minimum absolute atomic E-state index is 0.188. The first kappa shape index (κ1) is 16.7. The van der Waals surface area contributed by atoms with Gasteiger partial charge in [0.25, 0.3) is 11.5 Å². The topological polar surface area (TPSA) is 90.0 Å². The third-order valence-electron chi connectivity index (χ3n) is 4.18. The van der Waals surface area contributed by atoms with Gasteiger partial charge in [-0.1, -0.05) is 24.3 Å². The Morgan fingerprint density at radius 3 is 2.63 bits per heavy atom. The highest BCUT2D eigenvalue weighted by atomic mass is 16.3. The van der Waals surface area contributed by atoms with E-state index in [0.29, 0.717) is 22.0 Å². The first-order valence-electron chi connectivity index (χ1n) is 8.41. The maximum atomic E-state index is 12.8. The van der Waals surface area contributed by atoms with Gasteiger partial charge in [0.15, 0.2) is 0 Å². The molecule has 27 heavy (non-hydrogen) atoms. The van der Waals surface area contributed by atoms with E-state index in [0.717, 1.165) is 5.69 Å². The van der Waals surface area contributed by atoms with Crippen LogP contribution in [0.4, 0.5) is 0 Å². The molecule has 3 aromatic heterocycles. The van der Waals surface area contributed by atoms with E-state index in [9.17, 15) is 9.59 Å². The molecule has 1 N–H and O–H groups in total. The monoisotopic (exact) mass is 360 g/mol. The molecule has 4 rings (SSSR count). The molecule has 0 aliphatic rings. The van der Waals surface area contributed by atoms with Crippen molar-refractivity contribution in [2.45, 2.75) is 13.1 Å². The number of nitrogens with one attached hydrogen (secondary N) is 1. The Hall–Kier alpha value is -3.74. The highest BCUT2D eigenvalue weighted by molar-refractivity contribution is 5.94. The van der Waals surface area contributed by atoms with Crippen LogP contribution in [0, 0.1) is 0 Å². The lowest BCUT2D eigenvalue weighted by atomic mass is 10.1. The summed E-state index contributed by atoms with van der Waals surface area (Å²) in [5.74, 6) is -0.267. The summed E-state index contributed by atoms with van der Waals surface area (Å²) in [5.41, 5.74) is 1.58. The SMILES string of the molecule is O=C(NCc1nn(Cc2ccccn2)c(=O)c2ccccc12)c1ccoc1. The van der Waals surface area contributed by atoms with Crippen molar-refractivity contribution in [1.82, 2.24) is 20.1 Å².